The number of rotatable bonds is 4. The lowest BCUT2D eigenvalue weighted by Gasteiger charge is -2.09. The summed E-state index contributed by atoms with van der Waals surface area (Å²) in [4.78, 5) is 12.8. The van der Waals surface area contributed by atoms with Crippen LogP contribution in [0, 0.1) is 0 Å². The molecule has 0 aliphatic heterocycles. The predicted octanol–water partition coefficient (Wildman–Crippen LogP) is 4.84. The number of halogens is 1. The third-order valence-electron chi connectivity index (χ3n) is 3.36. The average Bonchev–Trinajstić information content (AvgIpc) is 3.08. The molecule has 0 unspecified atom stereocenters. The number of ether oxygens (including phenoxy) is 1. The van der Waals surface area contributed by atoms with E-state index in [4.69, 9.17) is 20.8 Å². The lowest BCUT2D eigenvalue weighted by Crippen LogP contribution is -2.04. The SMILES string of the molecule is COc1ccc(-c2ccco2)c(C(=O)c2ccc(Cl)cc2)c1. The van der Waals surface area contributed by atoms with Gasteiger partial charge in [0, 0.05) is 21.7 Å². The molecule has 3 rings (SSSR count). The van der Waals surface area contributed by atoms with Crippen LogP contribution < -0.4 is 4.74 Å². The Bertz CT molecular complexity index is 790. The number of carbonyl (C=O) groups is 1. The summed E-state index contributed by atoms with van der Waals surface area (Å²) in [7, 11) is 1.57. The average molecular weight is 313 g/mol. The standard InChI is InChI=1S/C18H13ClO3/c1-21-14-8-9-15(17-3-2-10-22-17)16(11-14)18(20)12-4-6-13(19)7-5-12/h2-11H,1H3. The molecule has 0 saturated carbocycles. The minimum atomic E-state index is -0.109. The van der Waals surface area contributed by atoms with E-state index in [2.05, 4.69) is 0 Å². The predicted molar refractivity (Wildman–Crippen MR) is 85.6 cm³/mol. The minimum absolute atomic E-state index is 0.109. The van der Waals surface area contributed by atoms with Crippen molar-refractivity contribution in [3.05, 3.63) is 77.0 Å². The molecular weight excluding hydrogens is 300 g/mol. The molecule has 0 spiro atoms. The minimum Gasteiger partial charge on any atom is -0.497 e. The van der Waals surface area contributed by atoms with Crippen molar-refractivity contribution in [2.24, 2.45) is 0 Å². The maximum absolute atomic E-state index is 12.8. The monoisotopic (exact) mass is 312 g/mol. The molecule has 0 atom stereocenters. The zero-order valence-corrected chi connectivity index (χ0v) is 12.6. The molecule has 3 aromatic rings. The van der Waals surface area contributed by atoms with Gasteiger partial charge in [-0.3, -0.25) is 4.79 Å². The summed E-state index contributed by atoms with van der Waals surface area (Å²) in [6, 6.07) is 15.7. The highest BCUT2D eigenvalue weighted by Crippen LogP contribution is 2.29. The molecule has 110 valence electrons. The molecule has 0 aliphatic rings. The fourth-order valence-corrected chi connectivity index (χ4v) is 2.37. The van der Waals surface area contributed by atoms with E-state index in [1.54, 1.807) is 55.8 Å². The Kier molecular flexibility index (Phi) is 3.98. The van der Waals surface area contributed by atoms with Crippen LogP contribution in [-0.2, 0) is 0 Å². The fraction of sp³-hybridized carbons (Fsp3) is 0.0556. The Morgan fingerprint density at radius 2 is 1.86 bits per heavy atom. The van der Waals surface area contributed by atoms with Crippen LogP contribution in [0.5, 0.6) is 5.75 Å². The first-order chi connectivity index (χ1) is 10.7. The van der Waals surface area contributed by atoms with E-state index >= 15 is 0 Å². The largest absolute Gasteiger partial charge is 0.497 e. The fourth-order valence-electron chi connectivity index (χ4n) is 2.24. The van der Waals surface area contributed by atoms with E-state index in [0.29, 0.717) is 27.7 Å². The number of hydrogen-bond acceptors (Lipinski definition) is 3. The van der Waals surface area contributed by atoms with Crippen LogP contribution in [-0.4, -0.2) is 12.9 Å². The molecule has 2 aromatic carbocycles. The second kappa shape index (κ2) is 6.08. The number of carbonyl (C=O) groups excluding carboxylic acids is 1. The third kappa shape index (κ3) is 2.76. The van der Waals surface area contributed by atoms with Crippen LogP contribution in [0.4, 0.5) is 0 Å². The van der Waals surface area contributed by atoms with Gasteiger partial charge in [0.25, 0.3) is 0 Å². The summed E-state index contributed by atoms with van der Waals surface area (Å²) in [5, 5.41) is 0.591. The van der Waals surface area contributed by atoms with Gasteiger partial charge in [0.2, 0.25) is 0 Å². The summed E-state index contributed by atoms with van der Waals surface area (Å²) < 4.78 is 10.7. The molecule has 1 aromatic heterocycles. The molecule has 0 bridgehead atoms. The Hall–Kier alpha value is -2.52. The van der Waals surface area contributed by atoms with Crippen molar-refractivity contribution in [3.8, 4) is 17.1 Å². The quantitative estimate of drug-likeness (QED) is 0.647. The van der Waals surface area contributed by atoms with Gasteiger partial charge in [-0.2, -0.15) is 0 Å². The zero-order chi connectivity index (χ0) is 15.5. The second-order valence-electron chi connectivity index (χ2n) is 4.72. The Morgan fingerprint density at radius 3 is 2.50 bits per heavy atom. The van der Waals surface area contributed by atoms with Gasteiger partial charge in [0.1, 0.15) is 11.5 Å². The highest BCUT2D eigenvalue weighted by atomic mass is 35.5. The van der Waals surface area contributed by atoms with E-state index in [1.165, 1.54) is 0 Å². The summed E-state index contributed by atoms with van der Waals surface area (Å²) >= 11 is 5.88. The molecule has 1 heterocycles. The van der Waals surface area contributed by atoms with Crippen LogP contribution in [0.2, 0.25) is 5.02 Å². The molecule has 0 fully saturated rings. The van der Waals surface area contributed by atoms with Crippen molar-refractivity contribution in [1.82, 2.24) is 0 Å². The first-order valence-electron chi connectivity index (χ1n) is 6.71. The molecule has 0 amide bonds. The van der Waals surface area contributed by atoms with Gasteiger partial charge < -0.3 is 9.15 Å². The van der Waals surface area contributed by atoms with E-state index in [-0.39, 0.29) is 5.78 Å². The van der Waals surface area contributed by atoms with E-state index in [0.717, 1.165) is 5.56 Å². The number of hydrogen-bond donors (Lipinski definition) is 0. The lowest BCUT2D eigenvalue weighted by molar-refractivity contribution is 0.103. The van der Waals surface area contributed by atoms with Crippen molar-refractivity contribution >= 4 is 17.4 Å². The Balaban J connectivity index is 2.11. The molecular formula is C18H13ClO3. The highest BCUT2D eigenvalue weighted by molar-refractivity contribution is 6.30. The highest BCUT2D eigenvalue weighted by Gasteiger charge is 2.17. The van der Waals surface area contributed by atoms with Gasteiger partial charge in [-0.25, -0.2) is 0 Å². The molecule has 0 N–H and O–H groups in total. The van der Waals surface area contributed by atoms with Crippen molar-refractivity contribution in [1.29, 1.82) is 0 Å². The van der Waals surface area contributed by atoms with Gasteiger partial charge in [-0.1, -0.05) is 11.6 Å². The summed E-state index contributed by atoms with van der Waals surface area (Å²) in [6.45, 7) is 0. The maximum Gasteiger partial charge on any atom is 0.193 e. The molecule has 3 nitrogen and oxygen atoms in total. The van der Waals surface area contributed by atoms with Crippen molar-refractivity contribution in [2.45, 2.75) is 0 Å². The van der Waals surface area contributed by atoms with Gasteiger partial charge in [0.05, 0.1) is 13.4 Å². The maximum atomic E-state index is 12.8. The second-order valence-corrected chi connectivity index (χ2v) is 5.16. The number of ketones is 1. The molecule has 0 saturated heterocycles. The first kappa shape index (κ1) is 14.4. The first-order valence-corrected chi connectivity index (χ1v) is 7.09. The molecule has 0 radical (unpaired) electrons. The lowest BCUT2D eigenvalue weighted by atomic mass is 9.96. The summed E-state index contributed by atoms with van der Waals surface area (Å²) in [5.41, 5.74) is 1.81. The number of methoxy groups -OCH3 is 1. The smallest absolute Gasteiger partial charge is 0.193 e. The van der Waals surface area contributed by atoms with E-state index in [1.807, 2.05) is 12.1 Å². The van der Waals surface area contributed by atoms with Crippen molar-refractivity contribution in [2.75, 3.05) is 7.11 Å². The van der Waals surface area contributed by atoms with Gasteiger partial charge in [-0.05, 0) is 54.6 Å². The van der Waals surface area contributed by atoms with Crippen molar-refractivity contribution < 1.29 is 13.9 Å². The number of furan rings is 1. The van der Waals surface area contributed by atoms with Crippen LogP contribution in [0.25, 0.3) is 11.3 Å². The Morgan fingerprint density at radius 1 is 1.09 bits per heavy atom. The third-order valence-corrected chi connectivity index (χ3v) is 3.62. The van der Waals surface area contributed by atoms with Gasteiger partial charge in [-0.15, -0.1) is 0 Å². The summed E-state index contributed by atoms with van der Waals surface area (Å²) in [6.07, 6.45) is 1.58. The summed E-state index contributed by atoms with van der Waals surface area (Å²) in [5.74, 6) is 1.15. The number of benzene rings is 2. The zero-order valence-electron chi connectivity index (χ0n) is 11.9. The van der Waals surface area contributed by atoms with Crippen LogP contribution >= 0.6 is 11.6 Å². The molecule has 22 heavy (non-hydrogen) atoms. The van der Waals surface area contributed by atoms with Crippen LogP contribution in [0.1, 0.15) is 15.9 Å². The van der Waals surface area contributed by atoms with E-state index in [9.17, 15) is 4.79 Å². The molecule has 0 aliphatic carbocycles. The van der Waals surface area contributed by atoms with Crippen LogP contribution in [0.15, 0.2) is 65.3 Å². The van der Waals surface area contributed by atoms with Crippen LogP contribution in [0.3, 0.4) is 0 Å². The Labute approximate surface area is 133 Å². The van der Waals surface area contributed by atoms with Crippen molar-refractivity contribution in [3.63, 3.8) is 0 Å². The molecule has 4 heteroatoms. The normalized spacial score (nSPS) is 10.5. The van der Waals surface area contributed by atoms with Gasteiger partial charge in [0.15, 0.2) is 5.78 Å². The van der Waals surface area contributed by atoms with Gasteiger partial charge >= 0.3 is 0 Å². The van der Waals surface area contributed by atoms with E-state index < -0.39 is 0 Å². The topological polar surface area (TPSA) is 39.4 Å².